The van der Waals surface area contributed by atoms with Gasteiger partial charge < -0.3 is 15.0 Å². The zero-order valence-electron chi connectivity index (χ0n) is 25.0. The Hall–Kier alpha value is -5.15. The smallest absolute Gasteiger partial charge is 0.283 e. The number of nitro groups is 1. The molecule has 1 aromatic heterocycles. The number of rotatable bonds is 9. The van der Waals surface area contributed by atoms with Crippen molar-refractivity contribution in [2.75, 3.05) is 33.3 Å². The fourth-order valence-electron chi connectivity index (χ4n) is 5.83. The second kappa shape index (κ2) is 14.1. The third-order valence-electron chi connectivity index (χ3n) is 8.48. The number of carbonyl (C=O) groups excluding carboxylic acids is 3. The van der Waals surface area contributed by atoms with E-state index >= 15 is 0 Å². The molecule has 2 aliphatic rings. The maximum Gasteiger partial charge on any atom is 0.283 e. The molecule has 5 rings (SSSR count). The summed E-state index contributed by atoms with van der Waals surface area (Å²) in [5, 5.41) is 23.6. The van der Waals surface area contributed by atoms with Gasteiger partial charge in [0, 0.05) is 50.9 Å². The van der Waals surface area contributed by atoms with E-state index in [2.05, 4.69) is 21.3 Å². The summed E-state index contributed by atoms with van der Waals surface area (Å²) in [7, 11) is 1.40. The topological polar surface area (TPSA) is 159 Å². The second-order valence-corrected chi connectivity index (χ2v) is 11.3. The van der Waals surface area contributed by atoms with E-state index in [4.69, 9.17) is 10.00 Å². The zero-order valence-corrected chi connectivity index (χ0v) is 25.0. The van der Waals surface area contributed by atoms with Gasteiger partial charge in [-0.15, -0.1) is 0 Å². The monoisotopic (exact) mass is 610 g/mol. The lowest BCUT2D eigenvalue weighted by Crippen LogP contribution is -2.44. The molecule has 45 heavy (non-hydrogen) atoms. The van der Waals surface area contributed by atoms with E-state index in [9.17, 15) is 24.5 Å². The van der Waals surface area contributed by atoms with Crippen molar-refractivity contribution < 1.29 is 24.0 Å². The van der Waals surface area contributed by atoms with E-state index in [-0.39, 0.29) is 40.6 Å². The summed E-state index contributed by atoms with van der Waals surface area (Å²) in [5.74, 6) is -0.991. The number of ether oxygens (including phenoxy) is 1. The average molecular weight is 611 g/mol. The summed E-state index contributed by atoms with van der Waals surface area (Å²) in [5.41, 5.74) is 2.11. The number of aromatic nitrogens is 1. The van der Waals surface area contributed by atoms with Gasteiger partial charge in [0.05, 0.1) is 40.9 Å². The van der Waals surface area contributed by atoms with Gasteiger partial charge in [-0.1, -0.05) is 12.1 Å². The SMILES string of the molecule is COc1ccc(C(=O)C2CCN(C(=O)c3ccc(C(=O)NC4CCN(Cc5ccc(C#N)cc5)CC4)cn3)CC2)c([N+](=O)[O-])c1. The normalized spacial score (nSPS) is 16.0. The molecule has 2 fully saturated rings. The van der Waals surface area contributed by atoms with Crippen molar-refractivity contribution in [1.82, 2.24) is 20.1 Å². The summed E-state index contributed by atoms with van der Waals surface area (Å²) in [6.45, 7) is 3.11. The summed E-state index contributed by atoms with van der Waals surface area (Å²) < 4.78 is 5.05. The number of carbonyl (C=O) groups is 3. The highest BCUT2D eigenvalue weighted by Gasteiger charge is 2.32. The third kappa shape index (κ3) is 7.50. The molecule has 2 aliphatic heterocycles. The average Bonchev–Trinajstić information content (AvgIpc) is 3.08. The van der Waals surface area contributed by atoms with Crippen LogP contribution in [0.3, 0.4) is 0 Å². The first kappa shape index (κ1) is 31.3. The van der Waals surface area contributed by atoms with Crippen molar-refractivity contribution in [2.45, 2.75) is 38.3 Å². The molecule has 0 saturated carbocycles. The maximum absolute atomic E-state index is 13.1. The van der Waals surface area contributed by atoms with Crippen LogP contribution in [0.1, 0.15) is 68.0 Å². The Balaban J connectivity index is 1.09. The van der Waals surface area contributed by atoms with Gasteiger partial charge in [0.2, 0.25) is 0 Å². The molecule has 3 aromatic rings. The van der Waals surface area contributed by atoms with Gasteiger partial charge in [-0.2, -0.15) is 5.26 Å². The van der Waals surface area contributed by atoms with Gasteiger partial charge in [0.1, 0.15) is 11.4 Å². The third-order valence-corrected chi connectivity index (χ3v) is 8.48. The lowest BCUT2D eigenvalue weighted by molar-refractivity contribution is -0.385. The quantitative estimate of drug-likeness (QED) is 0.215. The highest BCUT2D eigenvalue weighted by molar-refractivity contribution is 6.02. The van der Waals surface area contributed by atoms with Crippen molar-refractivity contribution >= 4 is 23.3 Å². The predicted octanol–water partition coefficient (Wildman–Crippen LogP) is 4.00. The number of methoxy groups -OCH3 is 1. The lowest BCUT2D eigenvalue weighted by atomic mass is 9.88. The molecule has 0 spiro atoms. The number of pyridine rings is 1. The van der Waals surface area contributed by atoms with Crippen LogP contribution < -0.4 is 10.1 Å². The van der Waals surface area contributed by atoms with Crippen LogP contribution in [0.2, 0.25) is 0 Å². The predicted molar refractivity (Wildman–Crippen MR) is 164 cm³/mol. The molecule has 0 atom stereocenters. The largest absolute Gasteiger partial charge is 0.497 e. The molecular formula is C33H34N6O6. The number of Topliss-reactive ketones (excluding diaryl/α,β-unsaturated/α-hetero) is 1. The molecule has 0 aliphatic carbocycles. The standard InChI is InChI=1S/C33H34N6O6/c1-45-27-7-8-28(30(18-27)39(43)44)31(40)24-10-16-38(17-11-24)33(42)29-9-6-25(20-35-29)32(41)36-26-12-14-37(15-13-26)21-23-4-2-22(19-34)3-5-23/h2-9,18,20,24,26H,10-17,21H2,1H3,(H,36,41). The van der Waals surface area contributed by atoms with Crippen LogP contribution in [0.25, 0.3) is 0 Å². The van der Waals surface area contributed by atoms with Crippen molar-refractivity contribution in [1.29, 1.82) is 5.26 Å². The van der Waals surface area contributed by atoms with Crippen LogP contribution in [-0.4, -0.2) is 76.6 Å². The van der Waals surface area contributed by atoms with Crippen LogP contribution in [0.15, 0.2) is 60.8 Å². The molecule has 0 unspecified atom stereocenters. The summed E-state index contributed by atoms with van der Waals surface area (Å²) in [4.78, 5) is 58.2. The first-order chi connectivity index (χ1) is 21.7. The van der Waals surface area contributed by atoms with E-state index in [1.165, 1.54) is 37.6 Å². The van der Waals surface area contributed by atoms with Crippen molar-refractivity contribution in [2.24, 2.45) is 5.92 Å². The Morgan fingerprint density at radius 2 is 1.73 bits per heavy atom. The molecule has 0 radical (unpaired) electrons. The number of nitrogens with zero attached hydrogens (tertiary/aromatic N) is 5. The molecule has 0 bridgehead atoms. The van der Waals surface area contributed by atoms with Gasteiger partial charge in [0.25, 0.3) is 17.5 Å². The molecule has 2 saturated heterocycles. The Kier molecular flexibility index (Phi) is 9.79. The van der Waals surface area contributed by atoms with E-state index in [0.717, 1.165) is 38.0 Å². The van der Waals surface area contributed by atoms with E-state index in [0.29, 0.717) is 42.8 Å². The number of piperidine rings is 2. The Bertz CT molecular complexity index is 1600. The van der Waals surface area contributed by atoms with Crippen molar-refractivity contribution in [3.63, 3.8) is 0 Å². The molecule has 232 valence electrons. The fraction of sp³-hybridized carbons (Fsp3) is 0.364. The molecule has 12 nitrogen and oxygen atoms in total. The lowest BCUT2D eigenvalue weighted by Gasteiger charge is -2.32. The molecule has 12 heteroatoms. The molecule has 2 aromatic carbocycles. The maximum atomic E-state index is 13.1. The molecular weight excluding hydrogens is 576 g/mol. The van der Waals surface area contributed by atoms with E-state index in [1.54, 1.807) is 11.0 Å². The van der Waals surface area contributed by atoms with E-state index in [1.807, 2.05) is 24.3 Å². The Morgan fingerprint density at radius 1 is 1.02 bits per heavy atom. The number of nitriles is 1. The van der Waals surface area contributed by atoms with Crippen molar-refractivity contribution in [3.8, 4) is 11.8 Å². The number of benzene rings is 2. The molecule has 2 amide bonds. The highest BCUT2D eigenvalue weighted by Crippen LogP contribution is 2.30. The van der Waals surface area contributed by atoms with Crippen molar-refractivity contribution in [3.05, 3.63) is 98.9 Å². The van der Waals surface area contributed by atoms with Crippen LogP contribution in [0.5, 0.6) is 5.75 Å². The van der Waals surface area contributed by atoms with Crippen LogP contribution >= 0.6 is 0 Å². The Morgan fingerprint density at radius 3 is 2.33 bits per heavy atom. The number of likely N-dealkylation sites (tertiary alicyclic amines) is 2. The number of hydrogen-bond donors (Lipinski definition) is 1. The van der Waals surface area contributed by atoms with Gasteiger partial charge in [-0.25, -0.2) is 0 Å². The molecule has 1 N–H and O–H groups in total. The number of hydrogen-bond acceptors (Lipinski definition) is 9. The number of nitrogens with one attached hydrogen (secondary N) is 1. The first-order valence-electron chi connectivity index (χ1n) is 14.9. The number of amides is 2. The first-order valence-corrected chi connectivity index (χ1v) is 14.9. The summed E-state index contributed by atoms with van der Waals surface area (Å²) in [6.07, 6.45) is 3.79. The fourth-order valence-corrected chi connectivity index (χ4v) is 5.83. The zero-order chi connectivity index (χ0) is 31.9. The number of ketones is 1. The number of nitro benzene ring substituents is 1. The minimum Gasteiger partial charge on any atom is -0.497 e. The molecule has 3 heterocycles. The van der Waals surface area contributed by atoms with Gasteiger partial charge in [-0.3, -0.25) is 34.4 Å². The second-order valence-electron chi connectivity index (χ2n) is 11.3. The summed E-state index contributed by atoms with van der Waals surface area (Å²) >= 11 is 0. The van der Waals surface area contributed by atoms with Crippen LogP contribution in [-0.2, 0) is 6.54 Å². The highest BCUT2D eigenvalue weighted by atomic mass is 16.6. The minimum absolute atomic E-state index is 0.0368. The van der Waals surface area contributed by atoms with Crippen LogP contribution in [0.4, 0.5) is 5.69 Å². The minimum atomic E-state index is -0.590. The van der Waals surface area contributed by atoms with Gasteiger partial charge in [-0.05, 0) is 67.6 Å². The van der Waals surface area contributed by atoms with E-state index < -0.39 is 10.8 Å². The van der Waals surface area contributed by atoms with Crippen LogP contribution in [0, 0.1) is 27.4 Å². The Labute approximate surface area is 260 Å². The van der Waals surface area contributed by atoms with Gasteiger partial charge in [0.15, 0.2) is 5.78 Å². The van der Waals surface area contributed by atoms with Gasteiger partial charge >= 0.3 is 0 Å². The summed E-state index contributed by atoms with van der Waals surface area (Å²) in [6, 6.07) is 17.1.